The Kier molecular flexibility index (Phi) is 3.83. The first-order chi connectivity index (χ1) is 10.3. The van der Waals surface area contributed by atoms with E-state index in [1.54, 1.807) is 24.3 Å². The van der Waals surface area contributed by atoms with Gasteiger partial charge in [0.1, 0.15) is 12.4 Å². The van der Waals surface area contributed by atoms with Gasteiger partial charge in [0.05, 0.1) is 11.8 Å². The van der Waals surface area contributed by atoms with E-state index in [0.29, 0.717) is 23.7 Å². The quantitative estimate of drug-likeness (QED) is 0.660. The molecule has 0 aliphatic rings. The highest BCUT2D eigenvalue weighted by Gasteiger charge is 2.16. The van der Waals surface area contributed by atoms with Gasteiger partial charge in [-0.2, -0.15) is 0 Å². The van der Waals surface area contributed by atoms with E-state index >= 15 is 0 Å². The van der Waals surface area contributed by atoms with Crippen molar-refractivity contribution in [2.24, 2.45) is 0 Å². The van der Waals surface area contributed by atoms with Crippen LogP contribution in [0.5, 0.6) is 5.75 Å². The molecule has 0 atom stereocenters. The van der Waals surface area contributed by atoms with Crippen molar-refractivity contribution in [2.75, 3.05) is 0 Å². The van der Waals surface area contributed by atoms with Crippen LogP contribution in [0.1, 0.15) is 21.7 Å². The lowest BCUT2D eigenvalue weighted by atomic mass is 10.1. The van der Waals surface area contributed by atoms with Crippen molar-refractivity contribution in [3.05, 3.63) is 89.9 Å². The van der Waals surface area contributed by atoms with Crippen molar-refractivity contribution in [1.82, 2.24) is 0 Å². The van der Waals surface area contributed by atoms with Crippen molar-refractivity contribution in [2.45, 2.75) is 6.61 Å². The molecule has 1 heterocycles. The summed E-state index contributed by atoms with van der Waals surface area (Å²) in [6.07, 6.45) is 1.49. The lowest BCUT2D eigenvalue weighted by Crippen LogP contribution is -2.04. The predicted molar refractivity (Wildman–Crippen MR) is 79.4 cm³/mol. The van der Waals surface area contributed by atoms with Crippen LogP contribution < -0.4 is 4.74 Å². The van der Waals surface area contributed by atoms with E-state index in [4.69, 9.17) is 9.15 Å². The number of hydrogen-bond donors (Lipinski definition) is 0. The van der Waals surface area contributed by atoms with Gasteiger partial charge in [-0.15, -0.1) is 0 Å². The van der Waals surface area contributed by atoms with Crippen LogP contribution in [0.25, 0.3) is 0 Å². The third-order valence-electron chi connectivity index (χ3n) is 3.11. The molecule has 0 saturated heterocycles. The number of furan rings is 1. The number of ketones is 1. The molecule has 0 amide bonds. The molecule has 3 heteroatoms. The van der Waals surface area contributed by atoms with Gasteiger partial charge in [-0.05, 0) is 29.8 Å². The van der Waals surface area contributed by atoms with E-state index in [2.05, 4.69) is 0 Å². The normalized spacial score (nSPS) is 10.3. The molecule has 0 unspecified atom stereocenters. The van der Waals surface area contributed by atoms with Gasteiger partial charge in [-0.3, -0.25) is 4.79 Å². The fourth-order valence-corrected chi connectivity index (χ4v) is 2.06. The Morgan fingerprint density at radius 1 is 0.905 bits per heavy atom. The largest absolute Gasteiger partial charge is 0.488 e. The lowest BCUT2D eigenvalue weighted by Gasteiger charge is -2.10. The first kappa shape index (κ1) is 13.2. The van der Waals surface area contributed by atoms with E-state index in [1.165, 1.54) is 6.26 Å². The number of carbonyl (C=O) groups is 1. The zero-order valence-corrected chi connectivity index (χ0v) is 11.4. The molecule has 0 N–H and O–H groups in total. The summed E-state index contributed by atoms with van der Waals surface area (Å²) in [6, 6.07) is 20.4. The number of rotatable bonds is 5. The summed E-state index contributed by atoms with van der Waals surface area (Å²) in [4.78, 5) is 12.4. The molecule has 0 bridgehead atoms. The minimum Gasteiger partial charge on any atom is -0.488 e. The maximum absolute atomic E-state index is 12.4. The van der Waals surface area contributed by atoms with Crippen molar-refractivity contribution in [3.63, 3.8) is 0 Å². The van der Waals surface area contributed by atoms with Crippen LogP contribution in [0.2, 0.25) is 0 Å². The van der Waals surface area contributed by atoms with Gasteiger partial charge in [0.15, 0.2) is 5.76 Å². The summed E-state index contributed by atoms with van der Waals surface area (Å²) in [5.74, 6) is 0.692. The van der Waals surface area contributed by atoms with Crippen LogP contribution in [0.3, 0.4) is 0 Å². The zero-order valence-electron chi connectivity index (χ0n) is 11.4. The van der Waals surface area contributed by atoms with Crippen molar-refractivity contribution < 1.29 is 13.9 Å². The second-order valence-electron chi connectivity index (χ2n) is 4.58. The lowest BCUT2D eigenvalue weighted by molar-refractivity contribution is 0.100. The highest BCUT2D eigenvalue weighted by molar-refractivity contribution is 6.08. The molecule has 0 radical (unpaired) electrons. The summed E-state index contributed by atoms with van der Waals surface area (Å²) < 4.78 is 10.9. The van der Waals surface area contributed by atoms with Crippen LogP contribution in [0, 0.1) is 0 Å². The summed E-state index contributed by atoms with van der Waals surface area (Å²) in [6.45, 7) is 0.420. The first-order valence-electron chi connectivity index (χ1n) is 6.68. The number of para-hydroxylation sites is 1. The Morgan fingerprint density at radius 2 is 1.67 bits per heavy atom. The second-order valence-corrected chi connectivity index (χ2v) is 4.58. The van der Waals surface area contributed by atoms with Gasteiger partial charge in [0, 0.05) is 0 Å². The molecule has 3 nitrogen and oxygen atoms in total. The molecule has 0 aliphatic heterocycles. The van der Waals surface area contributed by atoms with E-state index in [1.807, 2.05) is 42.5 Å². The molecule has 1 aromatic heterocycles. The van der Waals surface area contributed by atoms with Gasteiger partial charge in [0.2, 0.25) is 5.78 Å². The predicted octanol–water partition coefficient (Wildman–Crippen LogP) is 4.09. The van der Waals surface area contributed by atoms with Gasteiger partial charge >= 0.3 is 0 Å². The Balaban J connectivity index is 1.81. The summed E-state index contributed by atoms with van der Waals surface area (Å²) in [5.41, 5.74) is 1.56. The second kappa shape index (κ2) is 6.09. The molecule has 0 saturated carbocycles. The fourth-order valence-electron chi connectivity index (χ4n) is 2.06. The standard InChI is InChI=1S/C18H14O3/c19-18(17-11-6-12-20-17)15-9-4-5-10-16(15)21-13-14-7-2-1-3-8-14/h1-12H,13H2. The minimum atomic E-state index is -0.177. The van der Waals surface area contributed by atoms with Crippen molar-refractivity contribution in [3.8, 4) is 5.75 Å². The van der Waals surface area contributed by atoms with Crippen LogP contribution >= 0.6 is 0 Å². The fraction of sp³-hybridized carbons (Fsp3) is 0.0556. The van der Waals surface area contributed by atoms with Crippen LogP contribution in [0.4, 0.5) is 0 Å². The molecule has 0 fully saturated rings. The molecule has 104 valence electrons. The average molecular weight is 278 g/mol. The smallest absolute Gasteiger partial charge is 0.231 e. The van der Waals surface area contributed by atoms with Gasteiger partial charge < -0.3 is 9.15 Å². The monoisotopic (exact) mass is 278 g/mol. The summed E-state index contributed by atoms with van der Waals surface area (Å²) in [7, 11) is 0. The van der Waals surface area contributed by atoms with Crippen LogP contribution in [-0.2, 0) is 6.61 Å². The van der Waals surface area contributed by atoms with E-state index in [-0.39, 0.29) is 5.78 Å². The number of hydrogen-bond acceptors (Lipinski definition) is 3. The Bertz CT molecular complexity index is 715. The molecule has 21 heavy (non-hydrogen) atoms. The SMILES string of the molecule is O=C(c1ccco1)c1ccccc1OCc1ccccc1. The highest BCUT2D eigenvalue weighted by atomic mass is 16.5. The molecule has 0 spiro atoms. The maximum Gasteiger partial charge on any atom is 0.231 e. The van der Waals surface area contributed by atoms with Gasteiger partial charge in [-0.1, -0.05) is 42.5 Å². The average Bonchev–Trinajstić information content (AvgIpc) is 3.08. The maximum atomic E-state index is 12.4. The summed E-state index contributed by atoms with van der Waals surface area (Å²) in [5, 5.41) is 0. The van der Waals surface area contributed by atoms with Crippen LogP contribution in [-0.4, -0.2) is 5.78 Å². The molecular formula is C18H14O3. The third-order valence-corrected chi connectivity index (χ3v) is 3.11. The first-order valence-corrected chi connectivity index (χ1v) is 6.68. The topological polar surface area (TPSA) is 39.4 Å². The van der Waals surface area contributed by atoms with Crippen molar-refractivity contribution in [1.29, 1.82) is 0 Å². The Labute approximate surface area is 122 Å². The van der Waals surface area contributed by atoms with Gasteiger partial charge in [0.25, 0.3) is 0 Å². The zero-order chi connectivity index (χ0) is 14.5. The Morgan fingerprint density at radius 3 is 2.43 bits per heavy atom. The molecule has 3 rings (SSSR count). The molecule has 2 aromatic carbocycles. The number of benzene rings is 2. The molecule has 3 aromatic rings. The minimum absolute atomic E-state index is 0.177. The molecular weight excluding hydrogens is 264 g/mol. The van der Waals surface area contributed by atoms with E-state index < -0.39 is 0 Å². The van der Waals surface area contributed by atoms with Gasteiger partial charge in [-0.25, -0.2) is 0 Å². The summed E-state index contributed by atoms with van der Waals surface area (Å²) >= 11 is 0. The Hall–Kier alpha value is -2.81. The number of carbonyl (C=O) groups excluding carboxylic acids is 1. The molecule has 0 aliphatic carbocycles. The third kappa shape index (κ3) is 3.03. The van der Waals surface area contributed by atoms with E-state index in [9.17, 15) is 4.79 Å². The van der Waals surface area contributed by atoms with Crippen LogP contribution in [0.15, 0.2) is 77.4 Å². The highest BCUT2D eigenvalue weighted by Crippen LogP contribution is 2.22. The van der Waals surface area contributed by atoms with E-state index in [0.717, 1.165) is 5.56 Å². The van der Waals surface area contributed by atoms with Crippen molar-refractivity contribution >= 4 is 5.78 Å². The number of ether oxygens (including phenoxy) is 1.